The van der Waals surface area contributed by atoms with E-state index in [4.69, 9.17) is 20.8 Å². The van der Waals surface area contributed by atoms with Crippen molar-refractivity contribution in [3.05, 3.63) is 82.2 Å². The molecule has 2 amide bonds. The van der Waals surface area contributed by atoms with E-state index in [1.165, 1.54) is 12.1 Å². The van der Waals surface area contributed by atoms with Gasteiger partial charge < -0.3 is 31.0 Å². The summed E-state index contributed by atoms with van der Waals surface area (Å²) >= 11 is 0. The number of nitrogens with two attached hydrogens (primary N) is 2. The second kappa shape index (κ2) is 9.15. The highest BCUT2D eigenvalue weighted by atomic mass is 16.7. The summed E-state index contributed by atoms with van der Waals surface area (Å²) < 4.78 is 5.42. The first-order chi connectivity index (χ1) is 16.6. The number of rotatable bonds is 8. The van der Waals surface area contributed by atoms with Crippen molar-refractivity contribution in [1.29, 1.82) is 0 Å². The molecule has 1 unspecified atom stereocenters. The second-order valence-electron chi connectivity index (χ2n) is 8.64. The molecule has 1 aliphatic heterocycles. The Morgan fingerprint density at radius 3 is 2.43 bits per heavy atom. The Balaban J connectivity index is 1.72. The van der Waals surface area contributed by atoms with E-state index in [1.807, 2.05) is 13.8 Å². The molecule has 7 N–H and O–H groups in total. The van der Waals surface area contributed by atoms with Crippen molar-refractivity contribution >= 4 is 17.6 Å². The number of benzene rings is 2. The van der Waals surface area contributed by atoms with Gasteiger partial charge in [0.1, 0.15) is 17.3 Å². The number of primary amides is 2. The number of phenolic OH excluding ortho intramolecular Hbond substituents is 2. The van der Waals surface area contributed by atoms with Gasteiger partial charge in [-0.3, -0.25) is 9.59 Å². The number of hydrogen-bond donors (Lipinski definition) is 5. The number of hydrogen-bond acceptors (Lipinski definition) is 8. The number of nitrogens with zero attached hydrogens (tertiary/aromatic N) is 1. The number of hydroxylamine groups is 1. The Kier molecular flexibility index (Phi) is 6.23. The molecule has 35 heavy (non-hydrogen) atoms. The van der Waals surface area contributed by atoms with E-state index in [2.05, 4.69) is 10.6 Å². The third-order valence-electron chi connectivity index (χ3n) is 6.00. The van der Waals surface area contributed by atoms with Crippen molar-refractivity contribution in [1.82, 2.24) is 10.6 Å². The highest BCUT2D eigenvalue weighted by Crippen LogP contribution is 2.37. The minimum atomic E-state index is -1.48. The van der Waals surface area contributed by atoms with Crippen LogP contribution in [0, 0.1) is 0 Å². The van der Waals surface area contributed by atoms with Gasteiger partial charge in [-0.15, -0.1) is 5.48 Å². The minimum absolute atomic E-state index is 0.0110. The minimum Gasteiger partial charge on any atom is -0.508 e. The lowest BCUT2D eigenvalue weighted by atomic mass is 9.89. The molecule has 1 atom stereocenters. The van der Waals surface area contributed by atoms with Crippen molar-refractivity contribution < 1.29 is 29.2 Å². The van der Waals surface area contributed by atoms with Gasteiger partial charge in [-0.1, -0.05) is 49.3 Å². The lowest BCUT2D eigenvalue weighted by Crippen LogP contribution is -2.48. The average molecular weight is 479 g/mol. The molecule has 1 aromatic heterocycles. The van der Waals surface area contributed by atoms with Crippen LogP contribution in [0.25, 0.3) is 5.76 Å². The molecular formula is C25H26N4O6. The molecule has 10 heteroatoms. The van der Waals surface area contributed by atoms with Gasteiger partial charge in [0.2, 0.25) is 5.91 Å². The van der Waals surface area contributed by atoms with Gasteiger partial charge in [0.15, 0.2) is 17.0 Å². The van der Waals surface area contributed by atoms with E-state index in [0.717, 1.165) is 0 Å². The Hall–Kier alpha value is -4.31. The zero-order valence-electron chi connectivity index (χ0n) is 19.2. The number of amides is 2. The molecule has 0 saturated carbocycles. The summed E-state index contributed by atoms with van der Waals surface area (Å²) in [6.07, 6.45) is 1.97. The number of aromatic nitrogens is 1. The van der Waals surface area contributed by atoms with Crippen LogP contribution >= 0.6 is 0 Å². The first-order valence-corrected chi connectivity index (χ1v) is 11.0. The second-order valence-corrected chi connectivity index (χ2v) is 8.64. The molecule has 1 aliphatic rings. The summed E-state index contributed by atoms with van der Waals surface area (Å²) in [5.74, 6) is -1.21. The van der Waals surface area contributed by atoms with E-state index >= 15 is 0 Å². The number of carbonyl (C=O) groups excluding carboxylic acids is 2. The van der Waals surface area contributed by atoms with Crippen molar-refractivity contribution in [3.8, 4) is 11.5 Å². The maximum Gasteiger partial charge on any atom is 0.271 e. The van der Waals surface area contributed by atoms with Gasteiger partial charge >= 0.3 is 0 Å². The number of aryl methyl sites for hydroxylation is 2. The highest BCUT2D eigenvalue weighted by molar-refractivity contribution is 5.97. The quantitative estimate of drug-likeness (QED) is 0.328. The zero-order valence-corrected chi connectivity index (χ0v) is 19.2. The van der Waals surface area contributed by atoms with Crippen molar-refractivity contribution in [3.63, 3.8) is 0 Å². The molecule has 0 bridgehead atoms. The van der Waals surface area contributed by atoms with E-state index in [0.29, 0.717) is 23.1 Å². The zero-order chi connectivity index (χ0) is 25.3. The number of nitrogens with one attached hydrogen (secondary N) is 1. The van der Waals surface area contributed by atoms with Crippen LogP contribution in [0.2, 0.25) is 0 Å². The summed E-state index contributed by atoms with van der Waals surface area (Å²) in [6.45, 7) is 3.86. The largest absolute Gasteiger partial charge is 0.508 e. The van der Waals surface area contributed by atoms with Crippen molar-refractivity contribution in [2.45, 2.75) is 38.1 Å². The Morgan fingerprint density at radius 2 is 1.80 bits per heavy atom. The molecule has 2 aromatic carbocycles. The fourth-order valence-corrected chi connectivity index (χ4v) is 4.09. The molecular weight excluding hydrogens is 452 g/mol. The summed E-state index contributed by atoms with van der Waals surface area (Å²) in [6, 6.07) is 11.8. The monoisotopic (exact) mass is 478 g/mol. The fraction of sp³-hybridized carbons (Fsp3) is 0.240. The van der Waals surface area contributed by atoms with Crippen molar-refractivity contribution in [2.24, 2.45) is 11.5 Å². The SMILES string of the molecule is CC(C)c1cc(CCc2onc(C(N)=O)c2C2=CC(C(N)=O)(c3ccccc3)NO2)c(O)cc1O. The van der Waals surface area contributed by atoms with E-state index in [-0.39, 0.29) is 46.6 Å². The van der Waals surface area contributed by atoms with Crippen LogP contribution in [0.1, 0.15) is 58.3 Å². The lowest BCUT2D eigenvalue weighted by molar-refractivity contribution is -0.125. The van der Waals surface area contributed by atoms with E-state index in [1.54, 1.807) is 36.4 Å². The van der Waals surface area contributed by atoms with Crippen LogP contribution in [-0.2, 0) is 28.0 Å². The van der Waals surface area contributed by atoms with Gasteiger partial charge in [-0.25, -0.2) is 0 Å². The van der Waals surface area contributed by atoms with Gasteiger partial charge in [0.25, 0.3) is 5.91 Å². The highest BCUT2D eigenvalue weighted by Gasteiger charge is 2.44. The normalized spacial score (nSPS) is 17.3. The van der Waals surface area contributed by atoms with Crippen LogP contribution < -0.4 is 16.9 Å². The third kappa shape index (κ3) is 4.31. The fourth-order valence-electron chi connectivity index (χ4n) is 4.09. The van der Waals surface area contributed by atoms with Crippen molar-refractivity contribution in [2.75, 3.05) is 0 Å². The Morgan fingerprint density at radius 1 is 1.09 bits per heavy atom. The van der Waals surface area contributed by atoms with Crippen LogP contribution in [0.3, 0.4) is 0 Å². The van der Waals surface area contributed by atoms with E-state index in [9.17, 15) is 19.8 Å². The number of phenols is 2. The summed E-state index contributed by atoms with van der Waals surface area (Å²) in [4.78, 5) is 30.2. The first-order valence-electron chi connectivity index (χ1n) is 11.0. The molecule has 0 spiro atoms. The molecule has 182 valence electrons. The summed E-state index contributed by atoms with van der Waals surface area (Å²) in [5.41, 5.74) is 14.2. The predicted molar refractivity (Wildman–Crippen MR) is 126 cm³/mol. The Labute approximate surface area is 201 Å². The molecule has 0 radical (unpaired) electrons. The predicted octanol–water partition coefficient (Wildman–Crippen LogP) is 2.35. The molecule has 3 aromatic rings. The smallest absolute Gasteiger partial charge is 0.271 e. The standard InChI is InChI=1S/C25H26N4O6/c1-13(2)16-10-14(17(30)11-18(16)31)8-9-19-21(22(23(26)32)28-34-19)20-12-25(24(27)33,29-35-20)15-6-4-3-5-7-15/h3-7,10-13,29-31H,8-9H2,1-2H3,(H2,26,32)(H2,27,33). The maximum absolute atomic E-state index is 12.5. The van der Waals surface area contributed by atoms with Gasteiger partial charge in [0.05, 0.1) is 5.56 Å². The first kappa shape index (κ1) is 23.8. The Bertz CT molecular complexity index is 1310. The maximum atomic E-state index is 12.5. The molecule has 10 nitrogen and oxygen atoms in total. The van der Waals surface area contributed by atoms with Crippen LogP contribution in [-0.4, -0.2) is 27.2 Å². The molecule has 2 heterocycles. The summed E-state index contributed by atoms with van der Waals surface area (Å²) in [5, 5.41) is 24.2. The summed E-state index contributed by atoms with van der Waals surface area (Å²) in [7, 11) is 0. The molecule has 0 saturated heterocycles. The van der Waals surface area contributed by atoms with Crippen LogP contribution in [0.15, 0.2) is 53.1 Å². The van der Waals surface area contributed by atoms with Gasteiger partial charge in [-0.05, 0) is 41.2 Å². The molecule has 0 aliphatic carbocycles. The molecule has 4 rings (SSSR count). The molecule has 0 fully saturated rings. The third-order valence-corrected chi connectivity index (χ3v) is 6.00. The lowest BCUT2D eigenvalue weighted by Gasteiger charge is -2.22. The van der Waals surface area contributed by atoms with Crippen LogP contribution in [0.5, 0.6) is 11.5 Å². The van der Waals surface area contributed by atoms with Crippen LogP contribution in [0.4, 0.5) is 0 Å². The van der Waals surface area contributed by atoms with Gasteiger partial charge in [-0.2, -0.15) is 0 Å². The van der Waals surface area contributed by atoms with Gasteiger partial charge in [0, 0.05) is 12.5 Å². The van der Waals surface area contributed by atoms with E-state index < -0.39 is 17.4 Å². The topological polar surface area (TPSA) is 174 Å². The number of carbonyl (C=O) groups is 2. The average Bonchev–Trinajstić information content (AvgIpc) is 3.44. The number of aromatic hydroxyl groups is 2.